The van der Waals surface area contributed by atoms with E-state index in [2.05, 4.69) is 37.1 Å². The first-order valence-electron chi connectivity index (χ1n) is 4.84. The molecule has 0 unspecified atom stereocenters. The Bertz CT molecular complexity index is 313. The number of pyridine rings is 1. The molecule has 0 aliphatic carbocycles. The maximum atomic E-state index is 5.77. The average Bonchev–Trinajstić information content (AvgIpc) is 2.07. The highest BCUT2D eigenvalue weighted by molar-refractivity contribution is 5.42. The predicted molar refractivity (Wildman–Crippen MR) is 60.1 cm³/mol. The normalized spacial score (nSPS) is 11.7. The summed E-state index contributed by atoms with van der Waals surface area (Å²) in [5.41, 5.74) is 8.18. The average molecular weight is 193 g/mol. The third kappa shape index (κ3) is 2.45. The van der Waals surface area contributed by atoms with Crippen molar-refractivity contribution in [2.45, 2.75) is 32.7 Å². The van der Waals surface area contributed by atoms with Gasteiger partial charge in [-0.05, 0) is 24.1 Å². The maximum Gasteiger partial charge on any atom is 0.127 e. The molecule has 0 amide bonds. The molecule has 0 spiro atoms. The number of rotatable bonds is 2. The lowest BCUT2D eigenvalue weighted by molar-refractivity contribution is 0.586. The monoisotopic (exact) mass is 193 g/mol. The molecule has 0 fully saturated rings. The first-order chi connectivity index (χ1) is 6.45. The smallest absolute Gasteiger partial charge is 0.127 e. The lowest BCUT2D eigenvalue weighted by atomic mass is 9.87. The first-order valence-corrected chi connectivity index (χ1v) is 4.84. The molecule has 0 aliphatic rings. The highest BCUT2D eigenvalue weighted by atomic mass is 14.9. The van der Waals surface area contributed by atoms with Gasteiger partial charge < -0.3 is 11.1 Å². The number of nitrogen functional groups attached to an aromatic ring is 1. The molecule has 0 aromatic carbocycles. The van der Waals surface area contributed by atoms with Gasteiger partial charge in [0.2, 0.25) is 0 Å². The molecule has 3 heteroatoms. The van der Waals surface area contributed by atoms with E-state index in [9.17, 15) is 0 Å². The van der Waals surface area contributed by atoms with Crippen LogP contribution in [0.15, 0.2) is 12.3 Å². The summed E-state index contributed by atoms with van der Waals surface area (Å²) < 4.78 is 0. The van der Waals surface area contributed by atoms with E-state index in [1.165, 1.54) is 5.56 Å². The summed E-state index contributed by atoms with van der Waals surface area (Å²) in [7, 11) is 1.91. The van der Waals surface area contributed by atoms with E-state index in [1.54, 1.807) is 0 Å². The summed E-state index contributed by atoms with van der Waals surface area (Å²) in [6.07, 6.45) is 1.86. The summed E-state index contributed by atoms with van der Waals surface area (Å²) in [5.74, 6) is 0.618. The van der Waals surface area contributed by atoms with Gasteiger partial charge in [0.05, 0.1) is 0 Å². The van der Waals surface area contributed by atoms with Crippen molar-refractivity contribution in [2.24, 2.45) is 0 Å². The fourth-order valence-electron chi connectivity index (χ4n) is 1.26. The summed E-state index contributed by atoms with van der Waals surface area (Å²) in [5, 5.41) is 3.08. The molecule has 0 radical (unpaired) electrons. The van der Waals surface area contributed by atoms with Crippen LogP contribution in [0.3, 0.4) is 0 Å². The van der Waals surface area contributed by atoms with Crippen LogP contribution >= 0.6 is 0 Å². The van der Waals surface area contributed by atoms with E-state index in [0.29, 0.717) is 5.82 Å². The van der Waals surface area contributed by atoms with Crippen LogP contribution in [0.25, 0.3) is 0 Å². The summed E-state index contributed by atoms with van der Waals surface area (Å²) in [6.45, 7) is 7.28. The zero-order chi connectivity index (χ0) is 10.8. The van der Waals surface area contributed by atoms with Crippen molar-refractivity contribution in [1.82, 2.24) is 10.3 Å². The molecule has 0 saturated carbocycles. The van der Waals surface area contributed by atoms with Crippen molar-refractivity contribution in [2.75, 3.05) is 12.8 Å². The van der Waals surface area contributed by atoms with Crippen LogP contribution in [0.2, 0.25) is 0 Å². The molecule has 0 atom stereocenters. The molecule has 0 aliphatic heterocycles. The van der Waals surface area contributed by atoms with Gasteiger partial charge in [0.15, 0.2) is 0 Å². The molecule has 3 nitrogen and oxygen atoms in total. The van der Waals surface area contributed by atoms with Gasteiger partial charge in [0.1, 0.15) is 5.82 Å². The Morgan fingerprint density at radius 3 is 2.57 bits per heavy atom. The van der Waals surface area contributed by atoms with Crippen molar-refractivity contribution in [3.05, 3.63) is 23.4 Å². The second kappa shape index (κ2) is 3.96. The minimum atomic E-state index is 0.128. The quantitative estimate of drug-likeness (QED) is 0.751. The standard InChI is InChI=1S/C11H19N3/c1-11(2,3)9-5-8(6-13-4)10(12)14-7-9/h5,7,13H,6H2,1-4H3,(H2,12,14). The van der Waals surface area contributed by atoms with Crippen molar-refractivity contribution in [1.29, 1.82) is 0 Å². The summed E-state index contributed by atoms with van der Waals surface area (Å²) >= 11 is 0. The predicted octanol–water partition coefficient (Wildman–Crippen LogP) is 1.68. The van der Waals surface area contributed by atoms with Gasteiger partial charge >= 0.3 is 0 Å². The van der Waals surface area contributed by atoms with E-state index >= 15 is 0 Å². The van der Waals surface area contributed by atoms with Gasteiger partial charge in [-0.1, -0.05) is 20.8 Å². The molecule has 1 rings (SSSR count). The van der Waals surface area contributed by atoms with Gasteiger partial charge in [-0.2, -0.15) is 0 Å². The second-order valence-electron chi connectivity index (χ2n) is 4.55. The van der Waals surface area contributed by atoms with E-state index < -0.39 is 0 Å². The van der Waals surface area contributed by atoms with Gasteiger partial charge in [-0.3, -0.25) is 0 Å². The lowest BCUT2D eigenvalue weighted by Gasteiger charge is -2.19. The van der Waals surface area contributed by atoms with Crippen molar-refractivity contribution in [3.63, 3.8) is 0 Å². The second-order valence-corrected chi connectivity index (χ2v) is 4.55. The van der Waals surface area contributed by atoms with E-state index in [1.807, 2.05) is 13.2 Å². The Hall–Kier alpha value is -1.09. The van der Waals surface area contributed by atoms with Gasteiger partial charge in [-0.15, -0.1) is 0 Å². The summed E-state index contributed by atoms with van der Waals surface area (Å²) in [6, 6.07) is 2.12. The molecule has 0 saturated heterocycles. The number of hydrogen-bond acceptors (Lipinski definition) is 3. The third-order valence-corrected chi connectivity index (χ3v) is 2.23. The number of anilines is 1. The number of nitrogens with zero attached hydrogens (tertiary/aromatic N) is 1. The molecular weight excluding hydrogens is 174 g/mol. The van der Waals surface area contributed by atoms with E-state index in [4.69, 9.17) is 5.73 Å². The Morgan fingerprint density at radius 2 is 2.07 bits per heavy atom. The van der Waals surface area contributed by atoms with Crippen LogP contribution in [0.4, 0.5) is 5.82 Å². The fourth-order valence-corrected chi connectivity index (χ4v) is 1.26. The number of nitrogens with one attached hydrogen (secondary N) is 1. The molecular formula is C11H19N3. The Labute approximate surface area is 85.7 Å². The summed E-state index contributed by atoms with van der Waals surface area (Å²) in [4.78, 5) is 4.20. The number of nitrogens with two attached hydrogens (primary N) is 1. The molecule has 1 aromatic rings. The van der Waals surface area contributed by atoms with Gasteiger partial charge in [0, 0.05) is 18.3 Å². The topological polar surface area (TPSA) is 50.9 Å². The zero-order valence-corrected chi connectivity index (χ0v) is 9.39. The SMILES string of the molecule is CNCc1cc(C(C)(C)C)cnc1N. The highest BCUT2D eigenvalue weighted by Crippen LogP contribution is 2.23. The van der Waals surface area contributed by atoms with Crippen LogP contribution in [-0.4, -0.2) is 12.0 Å². The van der Waals surface area contributed by atoms with Crippen molar-refractivity contribution in [3.8, 4) is 0 Å². The largest absolute Gasteiger partial charge is 0.383 e. The van der Waals surface area contributed by atoms with Crippen LogP contribution in [-0.2, 0) is 12.0 Å². The van der Waals surface area contributed by atoms with Gasteiger partial charge in [0.25, 0.3) is 0 Å². The number of aromatic nitrogens is 1. The lowest BCUT2D eigenvalue weighted by Crippen LogP contribution is -2.15. The number of hydrogen-bond donors (Lipinski definition) is 2. The Kier molecular flexibility index (Phi) is 3.11. The molecule has 1 heterocycles. The van der Waals surface area contributed by atoms with E-state index in [-0.39, 0.29) is 5.41 Å². The van der Waals surface area contributed by atoms with Crippen molar-refractivity contribution >= 4 is 5.82 Å². The van der Waals surface area contributed by atoms with Crippen molar-refractivity contribution < 1.29 is 0 Å². The molecule has 0 bridgehead atoms. The maximum absolute atomic E-state index is 5.77. The Morgan fingerprint density at radius 1 is 1.43 bits per heavy atom. The van der Waals surface area contributed by atoms with Crippen LogP contribution in [0, 0.1) is 0 Å². The highest BCUT2D eigenvalue weighted by Gasteiger charge is 2.15. The van der Waals surface area contributed by atoms with Crippen LogP contribution < -0.4 is 11.1 Å². The fraction of sp³-hybridized carbons (Fsp3) is 0.545. The third-order valence-electron chi connectivity index (χ3n) is 2.23. The minimum absolute atomic E-state index is 0.128. The Balaban J connectivity index is 3.06. The van der Waals surface area contributed by atoms with E-state index in [0.717, 1.165) is 12.1 Å². The molecule has 3 N–H and O–H groups in total. The minimum Gasteiger partial charge on any atom is -0.383 e. The first kappa shape index (κ1) is 11.0. The molecule has 78 valence electrons. The van der Waals surface area contributed by atoms with Gasteiger partial charge in [-0.25, -0.2) is 4.98 Å². The van der Waals surface area contributed by atoms with Crippen LogP contribution in [0.1, 0.15) is 31.9 Å². The van der Waals surface area contributed by atoms with Crippen LogP contribution in [0.5, 0.6) is 0 Å². The zero-order valence-electron chi connectivity index (χ0n) is 9.39. The molecule has 14 heavy (non-hydrogen) atoms. The molecule has 1 aromatic heterocycles.